The first-order valence-corrected chi connectivity index (χ1v) is 11.1. The SMILES string of the molecule is CC[C@@H](C)[C@H](NS(=O)(=O)c1cccc(C(F)(F)F)c1)C(=O)N1CCC(C(N)=O)CC1. The molecule has 168 valence electrons. The largest absolute Gasteiger partial charge is 0.416 e. The third-order valence-corrected chi connectivity index (χ3v) is 6.88. The molecule has 1 heterocycles. The van der Waals surface area contributed by atoms with Gasteiger partial charge in [0.25, 0.3) is 0 Å². The van der Waals surface area contributed by atoms with E-state index in [2.05, 4.69) is 4.72 Å². The molecule has 1 saturated heterocycles. The lowest BCUT2D eigenvalue weighted by Gasteiger charge is -2.35. The number of likely N-dealkylation sites (tertiary alicyclic amines) is 1. The lowest BCUT2D eigenvalue weighted by atomic mass is 9.94. The molecule has 1 aromatic rings. The van der Waals surface area contributed by atoms with Gasteiger partial charge in [0.2, 0.25) is 21.8 Å². The second-order valence-electron chi connectivity index (χ2n) is 7.51. The Morgan fingerprint density at radius 1 is 1.27 bits per heavy atom. The van der Waals surface area contributed by atoms with Gasteiger partial charge in [-0.15, -0.1) is 0 Å². The van der Waals surface area contributed by atoms with Crippen LogP contribution in [0.1, 0.15) is 38.7 Å². The first kappa shape index (κ1) is 24.1. The number of primary amides is 1. The third-order valence-electron chi connectivity index (χ3n) is 5.44. The van der Waals surface area contributed by atoms with Crippen molar-refractivity contribution in [2.24, 2.45) is 17.6 Å². The highest BCUT2D eigenvalue weighted by molar-refractivity contribution is 7.89. The molecule has 1 aliphatic rings. The highest BCUT2D eigenvalue weighted by atomic mass is 32.2. The summed E-state index contributed by atoms with van der Waals surface area (Å²) in [4.78, 5) is 25.2. The van der Waals surface area contributed by atoms with Gasteiger partial charge in [-0.2, -0.15) is 17.9 Å². The summed E-state index contributed by atoms with van der Waals surface area (Å²) in [6.07, 6.45) is -3.45. The van der Waals surface area contributed by atoms with Crippen LogP contribution in [-0.2, 0) is 25.8 Å². The van der Waals surface area contributed by atoms with Crippen molar-refractivity contribution in [1.29, 1.82) is 0 Å². The molecule has 1 aromatic carbocycles. The number of halogens is 3. The smallest absolute Gasteiger partial charge is 0.369 e. The molecule has 3 N–H and O–H groups in total. The Kier molecular flexibility index (Phi) is 7.51. The standard InChI is InChI=1S/C19H26F3N3O4S/c1-3-12(2)16(18(27)25-9-7-13(8-10-25)17(23)26)24-30(28,29)15-6-4-5-14(11-15)19(20,21)22/h4-6,11-13,16,24H,3,7-10H2,1-2H3,(H2,23,26)/t12-,16+/m1/s1. The Morgan fingerprint density at radius 3 is 2.37 bits per heavy atom. The monoisotopic (exact) mass is 449 g/mol. The maximum atomic E-state index is 13.0. The van der Waals surface area contributed by atoms with Gasteiger partial charge >= 0.3 is 6.18 Å². The van der Waals surface area contributed by atoms with Crippen molar-refractivity contribution in [3.05, 3.63) is 29.8 Å². The summed E-state index contributed by atoms with van der Waals surface area (Å²) in [5.74, 6) is -1.64. The molecule has 1 aliphatic heterocycles. The van der Waals surface area contributed by atoms with E-state index >= 15 is 0 Å². The van der Waals surface area contributed by atoms with Crippen molar-refractivity contribution in [3.63, 3.8) is 0 Å². The number of carbonyl (C=O) groups excluding carboxylic acids is 2. The average molecular weight is 449 g/mol. The number of nitrogens with one attached hydrogen (secondary N) is 1. The second kappa shape index (κ2) is 9.34. The number of nitrogens with zero attached hydrogens (tertiary/aromatic N) is 1. The van der Waals surface area contributed by atoms with Crippen molar-refractivity contribution in [2.75, 3.05) is 13.1 Å². The van der Waals surface area contributed by atoms with Crippen molar-refractivity contribution < 1.29 is 31.2 Å². The molecule has 11 heteroatoms. The summed E-state index contributed by atoms with van der Waals surface area (Å²) >= 11 is 0. The van der Waals surface area contributed by atoms with Gasteiger partial charge in [-0.25, -0.2) is 8.42 Å². The van der Waals surface area contributed by atoms with Crippen LogP contribution in [0.2, 0.25) is 0 Å². The van der Waals surface area contributed by atoms with Crippen LogP contribution in [-0.4, -0.2) is 44.3 Å². The molecule has 2 atom stereocenters. The number of piperidine rings is 1. The summed E-state index contributed by atoms with van der Waals surface area (Å²) in [6, 6.07) is 2.23. The Balaban J connectivity index is 2.24. The predicted molar refractivity (Wildman–Crippen MR) is 104 cm³/mol. The van der Waals surface area contributed by atoms with Crippen LogP contribution >= 0.6 is 0 Å². The molecular formula is C19H26F3N3O4S. The number of hydrogen-bond acceptors (Lipinski definition) is 4. The fraction of sp³-hybridized carbons (Fsp3) is 0.579. The minimum absolute atomic E-state index is 0.255. The summed E-state index contributed by atoms with van der Waals surface area (Å²) in [7, 11) is -4.38. The summed E-state index contributed by atoms with van der Waals surface area (Å²) in [6.45, 7) is 3.98. The molecule has 0 unspecified atom stereocenters. The highest BCUT2D eigenvalue weighted by Gasteiger charge is 2.36. The van der Waals surface area contributed by atoms with E-state index in [0.29, 0.717) is 25.3 Å². The zero-order chi connectivity index (χ0) is 22.7. The second-order valence-corrected chi connectivity index (χ2v) is 9.23. The molecule has 0 aromatic heterocycles. The van der Waals surface area contributed by atoms with Crippen molar-refractivity contribution in [3.8, 4) is 0 Å². The van der Waals surface area contributed by atoms with E-state index in [4.69, 9.17) is 5.73 Å². The molecular weight excluding hydrogens is 423 g/mol. The molecule has 1 fully saturated rings. The zero-order valence-corrected chi connectivity index (χ0v) is 17.6. The van der Waals surface area contributed by atoms with Gasteiger partial charge in [0, 0.05) is 19.0 Å². The van der Waals surface area contributed by atoms with E-state index in [1.54, 1.807) is 13.8 Å². The quantitative estimate of drug-likeness (QED) is 0.664. The fourth-order valence-corrected chi connectivity index (χ4v) is 4.64. The third kappa shape index (κ3) is 5.72. The maximum Gasteiger partial charge on any atom is 0.416 e. The number of amides is 2. The zero-order valence-electron chi connectivity index (χ0n) is 16.8. The number of benzene rings is 1. The van der Waals surface area contributed by atoms with Crippen molar-refractivity contribution >= 4 is 21.8 Å². The number of hydrogen-bond donors (Lipinski definition) is 2. The van der Waals surface area contributed by atoms with Crippen LogP contribution in [0.3, 0.4) is 0 Å². The van der Waals surface area contributed by atoms with E-state index in [1.807, 2.05) is 0 Å². The average Bonchev–Trinajstić information content (AvgIpc) is 2.70. The normalized spacial score (nSPS) is 18.1. The van der Waals surface area contributed by atoms with Crippen LogP contribution in [0.5, 0.6) is 0 Å². The van der Waals surface area contributed by atoms with Gasteiger partial charge < -0.3 is 10.6 Å². The van der Waals surface area contributed by atoms with Crippen molar-refractivity contribution in [2.45, 2.75) is 50.2 Å². The Bertz CT molecular complexity index is 881. The number of sulfonamides is 1. The van der Waals surface area contributed by atoms with Crippen LogP contribution in [0.15, 0.2) is 29.2 Å². The molecule has 30 heavy (non-hydrogen) atoms. The Labute approximate surface area is 173 Å². The predicted octanol–water partition coefficient (Wildman–Crippen LogP) is 2.12. The van der Waals surface area contributed by atoms with Crippen LogP contribution in [0, 0.1) is 11.8 Å². The lowest BCUT2D eigenvalue weighted by Crippen LogP contribution is -2.53. The van der Waals surface area contributed by atoms with Crippen LogP contribution in [0.25, 0.3) is 0 Å². The summed E-state index contributed by atoms with van der Waals surface area (Å²) in [5, 5.41) is 0. The van der Waals surface area contributed by atoms with Gasteiger partial charge in [0.1, 0.15) is 6.04 Å². The van der Waals surface area contributed by atoms with Gasteiger partial charge in [-0.05, 0) is 37.0 Å². The highest BCUT2D eigenvalue weighted by Crippen LogP contribution is 2.30. The maximum absolute atomic E-state index is 13.0. The number of alkyl halides is 3. The van der Waals surface area contributed by atoms with Crippen molar-refractivity contribution in [1.82, 2.24) is 9.62 Å². The molecule has 2 rings (SSSR count). The molecule has 0 saturated carbocycles. The van der Waals surface area contributed by atoms with Gasteiger partial charge in [-0.3, -0.25) is 9.59 Å². The first-order chi connectivity index (χ1) is 13.9. The molecule has 0 radical (unpaired) electrons. The van der Waals surface area contributed by atoms with Gasteiger partial charge in [0.15, 0.2) is 0 Å². The van der Waals surface area contributed by atoms with Crippen LogP contribution < -0.4 is 10.5 Å². The minimum atomic E-state index is -4.69. The van der Waals surface area contributed by atoms with E-state index in [9.17, 15) is 31.2 Å². The van der Waals surface area contributed by atoms with E-state index in [0.717, 1.165) is 18.2 Å². The van der Waals surface area contributed by atoms with Crippen LogP contribution in [0.4, 0.5) is 13.2 Å². The molecule has 0 bridgehead atoms. The summed E-state index contributed by atoms with van der Waals surface area (Å²) in [5.41, 5.74) is 4.20. The van der Waals surface area contributed by atoms with Gasteiger partial charge in [0.05, 0.1) is 10.5 Å². The van der Waals surface area contributed by atoms with Gasteiger partial charge in [-0.1, -0.05) is 26.3 Å². The topological polar surface area (TPSA) is 110 Å². The number of carbonyl (C=O) groups is 2. The van der Waals surface area contributed by atoms with E-state index < -0.39 is 50.4 Å². The molecule has 7 nitrogen and oxygen atoms in total. The Morgan fingerprint density at radius 2 is 1.87 bits per heavy atom. The Hall–Kier alpha value is -2.14. The fourth-order valence-electron chi connectivity index (χ4n) is 3.30. The van der Waals surface area contributed by atoms with E-state index in [1.165, 1.54) is 4.90 Å². The lowest BCUT2D eigenvalue weighted by molar-refractivity contribution is -0.138. The first-order valence-electron chi connectivity index (χ1n) is 9.64. The number of nitrogens with two attached hydrogens (primary N) is 1. The minimum Gasteiger partial charge on any atom is -0.369 e. The summed E-state index contributed by atoms with van der Waals surface area (Å²) < 4.78 is 66.7. The molecule has 0 spiro atoms. The molecule has 0 aliphatic carbocycles. The van der Waals surface area contributed by atoms with E-state index in [-0.39, 0.29) is 19.0 Å². The molecule has 2 amide bonds. The number of rotatable bonds is 7.